The Hall–Kier alpha value is -0.271. The van der Waals surface area contributed by atoms with Gasteiger partial charge in [-0.25, -0.2) is 18.6 Å². The Balaban J connectivity index is -0.000000304. The van der Waals surface area contributed by atoms with E-state index in [1.165, 1.54) is 39.3 Å². The van der Waals surface area contributed by atoms with Crippen LogP contribution in [0.25, 0.3) is 0 Å². The monoisotopic (exact) mass is 395 g/mol. The molecule has 0 aromatic rings. The van der Waals surface area contributed by atoms with Crippen LogP contribution >= 0.6 is 0 Å². The summed E-state index contributed by atoms with van der Waals surface area (Å²) in [6, 6.07) is 0. The molecule has 1 heterocycles. The van der Waals surface area contributed by atoms with Crippen molar-refractivity contribution >= 4 is 0 Å². The summed E-state index contributed by atoms with van der Waals surface area (Å²) in [6.07, 6.45) is 0. The normalized spacial score (nSPS) is 18.1. The van der Waals surface area contributed by atoms with Crippen LogP contribution in [0.3, 0.4) is 0 Å². The quantitative estimate of drug-likeness (QED) is 0.219. The van der Waals surface area contributed by atoms with Gasteiger partial charge in [-0.05, 0) is 21.1 Å². The molecule has 1 aliphatic rings. The zero-order valence-electron chi connectivity index (χ0n) is 12.6. The summed E-state index contributed by atoms with van der Waals surface area (Å²) in [6.45, 7) is 7.19. The largest absolute Gasteiger partial charge is 2.00 e. The van der Waals surface area contributed by atoms with E-state index in [2.05, 4.69) is 35.8 Å². The topological polar surface area (TPSA) is 168 Å². The minimum atomic E-state index is -4.94. The molecule has 0 aromatic carbocycles. The summed E-state index contributed by atoms with van der Waals surface area (Å²) < 4.78 is 34.0. The van der Waals surface area contributed by atoms with Crippen molar-refractivity contribution in [2.75, 3.05) is 60.4 Å². The van der Waals surface area contributed by atoms with E-state index in [4.69, 9.17) is 34.0 Å². The molecule has 13 heteroatoms. The van der Waals surface area contributed by atoms with Gasteiger partial charge in [-0.1, -0.05) is 0 Å². The van der Waals surface area contributed by atoms with Crippen LogP contribution < -0.4 is 18.6 Å². The van der Waals surface area contributed by atoms with Crippen molar-refractivity contribution in [2.45, 2.75) is 0 Å². The third kappa shape index (κ3) is 31.9. The van der Waals surface area contributed by atoms with Crippen molar-refractivity contribution in [3.63, 3.8) is 0 Å². The predicted octanol–water partition coefficient (Wildman–Crippen LogP) is -5.20. The van der Waals surface area contributed by atoms with Gasteiger partial charge in [0.2, 0.25) is 0 Å². The molecular formula is C9H21ClCuN4O7. The first-order valence-electron chi connectivity index (χ1n) is 5.90. The van der Waals surface area contributed by atoms with E-state index < -0.39 is 15.3 Å². The second-order valence-corrected chi connectivity index (χ2v) is 5.27. The number of hydrogen-bond donors (Lipinski definition) is 0. The van der Waals surface area contributed by atoms with E-state index in [0.717, 1.165) is 0 Å². The summed E-state index contributed by atoms with van der Waals surface area (Å²) in [5.74, 6) is 0. The first-order chi connectivity index (χ1) is 9.41. The fraction of sp³-hybridized carbons (Fsp3) is 1.00. The third-order valence-electron chi connectivity index (χ3n) is 2.59. The Morgan fingerprint density at radius 3 is 0.909 bits per heavy atom. The minimum absolute atomic E-state index is 0. The first-order valence-corrected chi connectivity index (χ1v) is 7.14. The summed E-state index contributed by atoms with van der Waals surface area (Å²) in [5.41, 5.74) is 0. The molecule has 0 saturated carbocycles. The van der Waals surface area contributed by atoms with Crippen LogP contribution in [0.1, 0.15) is 0 Å². The molecule has 0 unspecified atom stereocenters. The van der Waals surface area contributed by atoms with Gasteiger partial charge in [0.1, 0.15) is 0 Å². The first kappa shape index (κ1) is 26.6. The van der Waals surface area contributed by atoms with Gasteiger partial charge in [-0.15, -0.1) is 10.2 Å². The fourth-order valence-corrected chi connectivity index (χ4v) is 1.36. The number of nitrogens with zero attached hydrogens (tertiary/aromatic N) is 4. The Labute approximate surface area is 142 Å². The van der Waals surface area contributed by atoms with E-state index >= 15 is 0 Å². The maximum atomic E-state index is 8.49. The molecule has 0 bridgehead atoms. The van der Waals surface area contributed by atoms with Crippen molar-refractivity contribution in [1.82, 2.24) is 14.7 Å². The van der Waals surface area contributed by atoms with Crippen molar-refractivity contribution in [3.05, 3.63) is 15.3 Å². The second-order valence-electron chi connectivity index (χ2n) is 4.51. The fourth-order valence-electron chi connectivity index (χ4n) is 1.36. The van der Waals surface area contributed by atoms with Gasteiger partial charge in [-0.3, -0.25) is 0 Å². The molecule has 22 heavy (non-hydrogen) atoms. The van der Waals surface area contributed by atoms with Crippen LogP contribution in [0.15, 0.2) is 0 Å². The zero-order valence-corrected chi connectivity index (χ0v) is 14.3. The number of halogens is 1. The number of likely N-dealkylation sites (N-methyl/N-ethyl adjacent to an activating group) is 3. The SMILES string of the molecule is CN1CCN(C)CCN(C)CC1.O=[N+]([O-])[O-].[Cu+2].[O-][Cl+3]([O-])([O-])[O-]. The molecule has 11 nitrogen and oxygen atoms in total. The van der Waals surface area contributed by atoms with Crippen molar-refractivity contribution in [1.29, 1.82) is 0 Å². The van der Waals surface area contributed by atoms with Gasteiger partial charge >= 0.3 is 17.1 Å². The summed E-state index contributed by atoms with van der Waals surface area (Å²) >= 11 is 0. The Morgan fingerprint density at radius 1 is 0.727 bits per heavy atom. The average molecular weight is 396 g/mol. The molecule has 1 fully saturated rings. The van der Waals surface area contributed by atoms with Gasteiger partial charge in [-0.2, -0.15) is 0 Å². The van der Waals surface area contributed by atoms with Crippen molar-refractivity contribution in [2.24, 2.45) is 0 Å². The van der Waals surface area contributed by atoms with Crippen LogP contribution in [0, 0.1) is 25.6 Å². The van der Waals surface area contributed by atoms with Crippen molar-refractivity contribution < 1.29 is 51.0 Å². The molecule has 0 N–H and O–H groups in total. The van der Waals surface area contributed by atoms with Gasteiger partial charge in [0, 0.05) is 39.3 Å². The second kappa shape index (κ2) is 14.3. The molecule has 0 atom stereocenters. The Kier molecular flexibility index (Phi) is 17.3. The maximum absolute atomic E-state index is 8.49. The standard InChI is InChI=1S/C9H21N3.ClHO4.Cu.NO3/c1-10-4-6-11(2)8-9-12(3)7-5-10;2-1(3,4)5;;2-1(3)4/h4-9H2,1-3H3;(H,2,3,4,5);;/q;;+2;-1/p-1. The van der Waals surface area contributed by atoms with Crippen molar-refractivity contribution in [3.8, 4) is 0 Å². The number of hydrogen-bond acceptors (Lipinski definition) is 10. The molecular weight excluding hydrogens is 375 g/mol. The van der Waals surface area contributed by atoms with Gasteiger partial charge in [0.05, 0.1) is 5.09 Å². The summed E-state index contributed by atoms with van der Waals surface area (Å²) in [5, 5.41) is 14.8. The van der Waals surface area contributed by atoms with Crippen LogP contribution in [0.5, 0.6) is 0 Å². The third-order valence-corrected chi connectivity index (χ3v) is 2.59. The average Bonchev–Trinajstić information content (AvgIpc) is 2.33. The molecule has 0 aromatic heterocycles. The molecule has 1 radical (unpaired) electrons. The summed E-state index contributed by atoms with van der Waals surface area (Å²) in [4.78, 5) is 15.5. The summed E-state index contributed by atoms with van der Waals surface area (Å²) in [7, 11) is 1.66. The molecule has 1 rings (SSSR count). The minimum Gasteiger partial charge on any atom is -0.356 e. The predicted molar refractivity (Wildman–Crippen MR) is 62.9 cm³/mol. The van der Waals surface area contributed by atoms with E-state index in [0.29, 0.717) is 0 Å². The molecule has 1 saturated heterocycles. The molecule has 0 amide bonds. The number of rotatable bonds is 0. The Morgan fingerprint density at radius 2 is 0.818 bits per heavy atom. The van der Waals surface area contributed by atoms with Gasteiger partial charge < -0.3 is 30.0 Å². The molecule has 0 spiro atoms. The van der Waals surface area contributed by atoms with E-state index in [9.17, 15) is 0 Å². The zero-order chi connectivity index (χ0) is 17.1. The van der Waals surface area contributed by atoms with Gasteiger partial charge in [0.25, 0.3) is 0 Å². The smallest absolute Gasteiger partial charge is 0.356 e. The van der Waals surface area contributed by atoms with E-state index in [1.807, 2.05) is 0 Å². The van der Waals surface area contributed by atoms with Crippen LogP contribution in [0.4, 0.5) is 0 Å². The van der Waals surface area contributed by atoms with Gasteiger partial charge in [0.15, 0.2) is 0 Å². The molecule has 1 aliphatic heterocycles. The van der Waals surface area contributed by atoms with Crippen LogP contribution in [0.2, 0.25) is 0 Å². The van der Waals surface area contributed by atoms with Crippen LogP contribution in [-0.2, 0) is 17.1 Å². The Bertz CT molecular complexity index is 239. The van der Waals surface area contributed by atoms with E-state index in [1.54, 1.807) is 0 Å². The maximum Gasteiger partial charge on any atom is 2.00 e. The van der Waals surface area contributed by atoms with E-state index in [-0.39, 0.29) is 17.1 Å². The molecule has 137 valence electrons. The van der Waals surface area contributed by atoms with Crippen LogP contribution in [-0.4, -0.2) is 80.2 Å². The molecule has 0 aliphatic carbocycles.